The zero-order valence-electron chi connectivity index (χ0n) is 13.5. The van der Waals surface area contributed by atoms with E-state index in [0.29, 0.717) is 18.0 Å². The molecule has 1 amide bonds. The number of nitrogens with one attached hydrogen (secondary N) is 1. The van der Waals surface area contributed by atoms with Crippen LogP contribution in [0.25, 0.3) is 0 Å². The minimum Gasteiger partial charge on any atom is -0.496 e. The first-order valence-corrected chi connectivity index (χ1v) is 7.38. The van der Waals surface area contributed by atoms with Crippen LogP contribution in [-0.4, -0.2) is 18.0 Å². The zero-order valence-corrected chi connectivity index (χ0v) is 13.5. The summed E-state index contributed by atoms with van der Waals surface area (Å²) in [5.74, 6) is 1.17. The van der Waals surface area contributed by atoms with Crippen molar-refractivity contribution in [2.24, 2.45) is 0 Å². The number of carbonyl (C=O) groups excluding carboxylic acids is 1. The van der Waals surface area contributed by atoms with E-state index in [1.807, 2.05) is 13.0 Å². The number of benzene rings is 1. The normalized spacial score (nSPS) is 10.6. The Kier molecular flexibility index (Phi) is 5.15. The molecular weight excluding hydrogens is 276 g/mol. The Balaban J connectivity index is 2.16. The second kappa shape index (κ2) is 7.07. The lowest BCUT2D eigenvalue weighted by atomic mass is 9.96. The summed E-state index contributed by atoms with van der Waals surface area (Å²) in [6.07, 6.45) is 3.23. The first-order valence-electron chi connectivity index (χ1n) is 7.38. The molecule has 116 valence electrons. The predicted octanol–water partition coefficient (Wildman–Crippen LogP) is 3.45. The molecule has 0 fully saturated rings. The lowest BCUT2D eigenvalue weighted by Crippen LogP contribution is -2.23. The van der Waals surface area contributed by atoms with Crippen LogP contribution in [0, 0.1) is 6.92 Å². The van der Waals surface area contributed by atoms with Gasteiger partial charge in [0.25, 0.3) is 5.91 Å². The van der Waals surface area contributed by atoms with Gasteiger partial charge in [-0.3, -0.25) is 9.78 Å². The molecule has 2 aromatic rings. The van der Waals surface area contributed by atoms with Gasteiger partial charge in [-0.25, -0.2) is 0 Å². The van der Waals surface area contributed by atoms with E-state index in [0.717, 1.165) is 22.4 Å². The number of amides is 1. The summed E-state index contributed by atoms with van der Waals surface area (Å²) in [4.78, 5) is 16.0. The monoisotopic (exact) mass is 298 g/mol. The molecule has 1 heterocycles. The average molecular weight is 298 g/mol. The van der Waals surface area contributed by atoms with Gasteiger partial charge >= 0.3 is 0 Å². The topological polar surface area (TPSA) is 51.2 Å². The Morgan fingerprint density at radius 1 is 1.27 bits per heavy atom. The van der Waals surface area contributed by atoms with Gasteiger partial charge in [0.05, 0.1) is 7.11 Å². The first-order chi connectivity index (χ1) is 10.5. The van der Waals surface area contributed by atoms with E-state index in [-0.39, 0.29) is 5.91 Å². The summed E-state index contributed by atoms with van der Waals surface area (Å²) in [5, 5.41) is 2.95. The van der Waals surface area contributed by atoms with Crippen LogP contribution in [-0.2, 0) is 6.54 Å². The molecule has 0 atom stereocenters. The molecular formula is C18H22N2O2. The molecule has 4 heteroatoms. The number of aromatic nitrogens is 1. The van der Waals surface area contributed by atoms with Gasteiger partial charge in [-0.1, -0.05) is 13.8 Å². The summed E-state index contributed by atoms with van der Waals surface area (Å²) in [6, 6.07) is 7.56. The molecule has 0 radical (unpaired) electrons. The highest BCUT2D eigenvalue weighted by Crippen LogP contribution is 2.29. The molecule has 0 saturated heterocycles. The van der Waals surface area contributed by atoms with Gasteiger partial charge in [0, 0.05) is 24.5 Å². The molecule has 0 aliphatic carbocycles. The number of rotatable bonds is 5. The van der Waals surface area contributed by atoms with Crippen molar-refractivity contribution >= 4 is 5.91 Å². The number of pyridine rings is 1. The number of hydrogen-bond acceptors (Lipinski definition) is 3. The largest absolute Gasteiger partial charge is 0.496 e. The first kappa shape index (κ1) is 16.0. The SMILES string of the molecule is COc1cc(C)c(CNC(=O)c2ccncc2)cc1C(C)C. The molecule has 1 aromatic carbocycles. The van der Waals surface area contributed by atoms with Gasteiger partial charge in [-0.05, 0) is 53.8 Å². The fourth-order valence-electron chi connectivity index (χ4n) is 2.34. The van der Waals surface area contributed by atoms with E-state index in [9.17, 15) is 4.79 Å². The Morgan fingerprint density at radius 3 is 2.55 bits per heavy atom. The number of carbonyl (C=O) groups is 1. The van der Waals surface area contributed by atoms with Crippen molar-refractivity contribution in [1.29, 1.82) is 0 Å². The van der Waals surface area contributed by atoms with Crippen molar-refractivity contribution in [2.75, 3.05) is 7.11 Å². The van der Waals surface area contributed by atoms with E-state index in [4.69, 9.17) is 4.74 Å². The van der Waals surface area contributed by atoms with Crippen LogP contribution in [0.15, 0.2) is 36.7 Å². The summed E-state index contributed by atoms with van der Waals surface area (Å²) in [5.41, 5.74) is 3.98. The van der Waals surface area contributed by atoms with E-state index in [2.05, 4.69) is 30.2 Å². The van der Waals surface area contributed by atoms with Crippen LogP contribution < -0.4 is 10.1 Å². The second-order valence-corrected chi connectivity index (χ2v) is 5.59. The van der Waals surface area contributed by atoms with Crippen molar-refractivity contribution in [1.82, 2.24) is 10.3 Å². The van der Waals surface area contributed by atoms with E-state index >= 15 is 0 Å². The number of ether oxygens (including phenoxy) is 1. The molecule has 0 bridgehead atoms. The van der Waals surface area contributed by atoms with Crippen molar-refractivity contribution in [2.45, 2.75) is 33.2 Å². The number of nitrogens with zero attached hydrogens (tertiary/aromatic N) is 1. The third-order valence-electron chi connectivity index (χ3n) is 3.69. The minimum atomic E-state index is -0.0938. The van der Waals surface area contributed by atoms with Gasteiger partial charge in [-0.2, -0.15) is 0 Å². The molecule has 0 aliphatic rings. The summed E-state index contributed by atoms with van der Waals surface area (Å²) < 4.78 is 5.44. The molecule has 1 aromatic heterocycles. The standard InChI is InChI=1S/C18H22N2O2/c1-12(2)16-10-15(13(3)9-17(16)22-4)11-20-18(21)14-5-7-19-8-6-14/h5-10,12H,11H2,1-4H3,(H,20,21). The molecule has 1 N–H and O–H groups in total. The fraction of sp³-hybridized carbons (Fsp3) is 0.333. The van der Waals surface area contributed by atoms with Gasteiger partial charge in [0.1, 0.15) is 5.75 Å². The maximum absolute atomic E-state index is 12.1. The molecule has 0 spiro atoms. The molecule has 2 rings (SSSR count). The summed E-state index contributed by atoms with van der Waals surface area (Å²) >= 11 is 0. The molecule has 0 unspecified atom stereocenters. The maximum atomic E-state index is 12.1. The van der Waals surface area contributed by atoms with Gasteiger partial charge in [0.15, 0.2) is 0 Å². The van der Waals surface area contributed by atoms with Gasteiger partial charge < -0.3 is 10.1 Å². The van der Waals surface area contributed by atoms with Gasteiger partial charge in [-0.15, -0.1) is 0 Å². The van der Waals surface area contributed by atoms with Gasteiger partial charge in [0.2, 0.25) is 0 Å². The smallest absolute Gasteiger partial charge is 0.251 e. The average Bonchev–Trinajstić information content (AvgIpc) is 2.53. The maximum Gasteiger partial charge on any atom is 0.251 e. The highest BCUT2D eigenvalue weighted by molar-refractivity contribution is 5.93. The van der Waals surface area contributed by atoms with E-state index in [1.165, 1.54) is 0 Å². The quantitative estimate of drug-likeness (QED) is 0.919. The van der Waals surface area contributed by atoms with Crippen LogP contribution in [0.1, 0.15) is 46.8 Å². The lowest BCUT2D eigenvalue weighted by molar-refractivity contribution is 0.0951. The van der Waals surface area contributed by atoms with E-state index in [1.54, 1.807) is 31.6 Å². The Morgan fingerprint density at radius 2 is 1.95 bits per heavy atom. The minimum absolute atomic E-state index is 0.0938. The molecule has 4 nitrogen and oxygen atoms in total. The van der Waals surface area contributed by atoms with Crippen LogP contribution >= 0.6 is 0 Å². The zero-order chi connectivity index (χ0) is 16.1. The Hall–Kier alpha value is -2.36. The van der Waals surface area contributed by atoms with E-state index < -0.39 is 0 Å². The fourth-order valence-corrected chi connectivity index (χ4v) is 2.34. The summed E-state index contributed by atoms with van der Waals surface area (Å²) in [6.45, 7) is 6.79. The second-order valence-electron chi connectivity index (χ2n) is 5.59. The predicted molar refractivity (Wildman–Crippen MR) is 87.2 cm³/mol. The Bertz CT molecular complexity index is 652. The van der Waals surface area contributed by atoms with Crippen molar-refractivity contribution in [3.8, 4) is 5.75 Å². The number of hydrogen-bond donors (Lipinski definition) is 1. The highest BCUT2D eigenvalue weighted by Gasteiger charge is 2.12. The number of methoxy groups -OCH3 is 1. The Labute approximate surface area is 131 Å². The van der Waals surface area contributed by atoms with Crippen LogP contribution in [0.2, 0.25) is 0 Å². The summed E-state index contributed by atoms with van der Waals surface area (Å²) in [7, 11) is 1.69. The molecule has 0 saturated carbocycles. The van der Waals surface area contributed by atoms with Crippen molar-refractivity contribution in [3.05, 3.63) is 58.9 Å². The lowest BCUT2D eigenvalue weighted by Gasteiger charge is -2.16. The van der Waals surface area contributed by atoms with Crippen LogP contribution in [0.5, 0.6) is 5.75 Å². The molecule has 0 aliphatic heterocycles. The van der Waals surface area contributed by atoms with Crippen molar-refractivity contribution < 1.29 is 9.53 Å². The third kappa shape index (κ3) is 3.64. The van der Waals surface area contributed by atoms with Crippen molar-refractivity contribution in [3.63, 3.8) is 0 Å². The highest BCUT2D eigenvalue weighted by atomic mass is 16.5. The molecule has 22 heavy (non-hydrogen) atoms. The number of aryl methyl sites for hydroxylation is 1. The van der Waals surface area contributed by atoms with Crippen LogP contribution in [0.4, 0.5) is 0 Å². The van der Waals surface area contributed by atoms with Crippen LogP contribution in [0.3, 0.4) is 0 Å². The third-order valence-corrected chi connectivity index (χ3v) is 3.69.